The summed E-state index contributed by atoms with van der Waals surface area (Å²) in [6, 6.07) is 14.4. The van der Waals surface area contributed by atoms with Crippen LogP contribution in [0.2, 0.25) is 0 Å². The van der Waals surface area contributed by atoms with Gasteiger partial charge in [0.05, 0.1) is 19.4 Å². The number of hydrogen-bond donors (Lipinski definition) is 1. The van der Waals surface area contributed by atoms with Gasteiger partial charge in [0, 0.05) is 11.1 Å². The van der Waals surface area contributed by atoms with Gasteiger partial charge in [-0.05, 0) is 49.7 Å². The van der Waals surface area contributed by atoms with Gasteiger partial charge in [-0.15, -0.1) is 0 Å². The fourth-order valence-corrected chi connectivity index (χ4v) is 1.96. The molecule has 0 bridgehead atoms. The minimum Gasteiger partial charge on any atom is -0.497 e. The summed E-state index contributed by atoms with van der Waals surface area (Å²) in [5.74, 6) is 1.16. The van der Waals surface area contributed by atoms with Crippen LogP contribution in [0.15, 0.2) is 53.6 Å². The van der Waals surface area contributed by atoms with Crippen molar-refractivity contribution in [2.75, 3.05) is 7.11 Å². The Bertz CT molecular complexity index is 696. The number of carbonyl (C=O) groups excluding carboxylic acids is 1. The molecule has 1 atom stereocenters. The van der Waals surface area contributed by atoms with Gasteiger partial charge in [-0.25, -0.2) is 5.43 Å². The Hall–Kier alpha value is -2.82. The van der Waals surface area contributed by atoms with Gasteiger partial charge in [0.2, 0.25) is 0 Å². The van der Waals surface area contributed by atoms with Crippen molar-refractivity contribution in [2.45, 2.75) is 26.4 Å². The number of para-hydroxylation sites is 1. The molecule has 0 aliphatic rings. The van der Waals surface area contributed by atoms with E-state index in [4.69, 9.17) is 9.47 Å². The summed E-state index contributed by atoms with van der Waals surface area (Å²) in [6.07, 6.45) is 2.62. The minimum absolute atomic E-state index is 0.119. The molecule has 5 heteroatoms. The molecule has 0 aliphatic heterocycles. The third-order valence-electron chi connectivity index (χ3n) is 3.54. The monoisotopic (exact) mass is 326 g/mol. The van der Waals surface area contributed by atoms with Gasteiger partial charge >= 0.3 is 0 Å². The summed E-state index contributed by atoms with van der Waals surface area (Å²) in [5.41, 5.74) is 3.84. The SMILES string of the molecule is CC[C@H](C)Oc1ccccc1/C=N\NC(=O)c1ccc(OC)cc1. The maximum Gasteiger partial charge on any atom is 0.271 e. The van der Waals surface area contributed by atoms with Crippen LogP contribution in [0, 0.1) is 0 Å². The zero-order chi connectivity index (χ0) is 17.4. The Balaban J connectivity index is 2.01. The van der Waals surface area contributed by atoms with Gasteiger partial charge in [0.15, 0.2) is 0 Å². The lowest BCUT2D eigenvalue weighted by atomic mass is 10.2. The predicted molar refractivity (Wildman–Crippen MR) is 94.9 cm³/mol. The smallest absolute Gasteiger partial charge is 0.271 e. The second-order valence-corrected chi connectivity index (χ2v) is 5.30. The molecule has 0 spiro atoms. The maximum absolute atomic E-state index is 12.0. The standard InChI is InChI=1S/C19H22N2O3/c1-4-14(2)24-18-8-6-5-7-16(18)13-20-21-19(22)15-9-11-17(23-3)12-10-15/h5-14H,4H2,1-3H3,(H,21,22)/b20-13-/t14-/m0/s1. The lowest BCUT2D eigenvalue weighted by Crippen LogP contribution is -2.17. The molecule has 0 aromatic heterocycles. The highest BCUT2D eigenvalue weighted by atomic mass is 16.5. The molecule has 2 aromatic rings. The minimum atomic E-state index is -0.283. The summed E-state index contributed by atoms with van der Waals surface area (Å²) in [5, 5.41) is 4.02. The first-order chi connectivity index (χ1) is 11.6. The Morgan fingerprint density at radius 2 is 1.92 bits per heavy atom. The highest BCUT2D eigenvalue weighted by Gasteiger charge is 2.06. The molecule has 5 nitrogen and oxygen atoms in total. The summed E-state index contributed by atoms with van der Waals surface area (Å²) in [4.78, 5) is 12.0. The van der Waals surface area contributed by atoms with Crippen LogP contribution < -0.4 is 14.9 Å². The fourth-order valence-electron chi connectivity index (χ4n) is 1.96. The molecule has 0 saturated carbocycles. The number of benzene rings is 2. The molecule has 0 heterocycles. The highest BCUT2D eigenvalue weighted by molar-refractivity contribution is 5.95. The van der Waals surface area contributed by atoms with E-state index in [0.29, 0.717) is 11.3 Å². The molecule has 0 fully saturated rings. The van der Waals surface area contributed by atoms with Crippen LogP contribution in [0.4, 0.5) is 0 Å². The first kappa shape index (κ1) is 17.5. The third kappa shape index (κ3) is 4.84. The van der Waals surface area contributed by atoms with E-state index in [-0.39, 0.29) is 12.0 Å². The van der Waals surface area contributed by atoms with Crippen LogP contribution in [-0.4, -0.2) is 25.3 Å². The van der Waals surface area contributed by atoms with Crippen molar-refractivity contribution < 1.29 is 14.3 Å². The topological polar surface area (TPSA) is 59.9 Å². The molecule has 0 aliphatic carbocycles. The lowest BCUT2D eigenvalue weighted by Gasteiger charge is -2.14. The molecular formula is C19H22N2O3. The van der Waals surface area contributed by atoms with E-state index in [0.717, 1.165) is 17.7 Å². The number of rotatable bonds is 7. The van der Waals surface area contributed by atoms with E-state index >= 15 is 0 Å². The van der Waals surface area contributed by atoms with Crippen LogP contribution in [-0.2, 0) is 0 Å². The van der Waals surface area contributed by atoms with Gasteiger partial charge in [-0.3, -0.25) is 4.79 Å². The largest absolute Gasteiger partial charge is 0.497 e. The number of ether oxygens (including phenoxy) is 2. The normalized spacial score (nSPS) is 12.0. The van der Waals surface area contributed by atoms with E-state index in [2.05, 4.69) is 17.5 Å². The number of carbonyl (C=O) groups is 1. The highest BCUT2D eigenvalue weighted by Crippen LogP contribution is 2.18. The number of amides is 1. The molecule has 126 valence electrons. The number of methoxy groups -OCH3 is 1. The van der Waals surface area contributed by atoms with Crippen molar-refractivity contribution in [3.8, 4) is 11.5 Å². The lowest BCUT2D eigenvalue weighted by molar-refractivity contribution is 0.0955. The first-order valence-electron chi connectivity index (χ1n) is 7.87. The first-order valence-corrected chi connectivity index (χ1v) is 7.87. The third-order valence-corrected chi connectivity index (χ3v) is 3.54. The second-order valence-electron chi connectivity index (χ2n) is 5.30. The zero-order valence-electron chi connectivity index (χ0n) is 14.2. The van der Waals surface area contributed by atoms with Gasteiger partial charge in [0.25, 0.3) is 5.91 Å². The van der Waals surface area contributed by atoms with Crippen molar-refractivity contribution in [3.05, 3.63) is 59.7 Å². The van der Waals surface area contributed by atoms with Gasteiger partial charge < -0.3 is 9.47 Å². The zero-order valence-corrected chi connectivity index (χ0v) is 14.2. The van der Waals surface area contributed by atoms with Gasteiger partial charge in [-0.1, -0.05) is 19.1 Å². The summed E-state index contributed by atoms with van der Waals surface area (Å²) in [7, 11) is 1.58. The number of hydrogen-bond acceptors (Lipinski definition) is 4. The Labute approximate surface area is 142 Å². The van der Waals surface area contributed by atoms with Crippen molar-refractivity contribution >= 4 is 12.1 Å². The fraction of sp³-hybridized carbons (Fsp3) is 0.263. The maximum atomic E-state index is 12.0. The van der Waals surface area contributed by atoms with Crippen LogP contribution in [0.25, 0.3) is 0 Å². The van der Waals surface area contributed by atoms with Crippen LogP contribution in [0.5, 0.6) is 11.5 Å². The second kappa shape index (κ2) is 8.72. The van der Waals surface area contributed by atoms with E-state index < -0.39 is 0 Å². The van der Waals surface area contributed by atoms with Crippen molar-refractivity contribution in [1.29, 1.82) is 0 Å². The van der Waals surface area contributed by atoms with Crippen molar-refractivity contribution in [1.82, 2.24) is 5.43 Å². The molecule has 0 saturated heterocycles. The molecular weight excluding hydrogens is 304 g/mol. The number of nitrogens with zero attached hydrogens (tertiary/aromatic N) is 1. The Morgan fingerprint density at radius 1 is 1.21 bits per heavy atom. The van der Waals surface area contributed by atoms with Crippen LogP contribution in [0.1, 0.15) is 36.2 Å². The summed E-state index contributed by atoms with van der Waals surface area (Å²) >= 11 is 0. The van der Waals surface area contributed by atoms with Crippen molar-refractivity contribution in [2.24, 2.45) is 5.10 Å². The Morgan fingerprint density at radius 3 is 2.58 bits per heavy atom. The van der Waals surface area contributed by atoms with E-state index in [1.54, 1.807) is 37.6 Å². The molecule has 1 N–H and O–H groups in total. The number of nitrogens with one attached hydrogen (secondary N) is 1. The average Bonchev–Trinajstić information content (AvgIpc) is 2.63. The van der Waals surface area contributed by atoms with Crippen LogP contribution in [0.3, 0.4) is 0 Å². The van der Waals surface area contributed by atoms with E-state index in [9.17, 15) is 4.79 Å². The molecule has 24 heavy (non-hydrogen) atoms. The molecule has 2 rings (SSSR count). The van der Waals surface area contributed by atoms with E-state index in [1.165, 1.54) is 0 Å². The Kier molecular flexibility index (Phi) is 6.37. The summed E-state index contributed by atoms with van der Waals surface area (Å²) < 4.78 is 10.9. The molecule has 0 radical (unpaired) electrons. The van der Waals surface area contributed by atoms with Crippen molar-refractivity contribution in [3.63, 3.8) is 0 Å². The molecule has 2 aromatic carbocycles. The average molecular weight is 326 g/mol. The van der Waals surface area contributed by atoms with Gasteiger partial charge in [0.1, 0.15) is 11.5 Å². The molecule has 1 amide bonds. The molecule has 0 unspecified atom stereocenters. The van der Waals surface area contributed by atoms with Crippen LogP contribution >= 0.6 is 0 Å². The number of hydrazone groups is 1. The van der Waals surface area contributed by atoms with Gasteiger partial charge in [-0.2, -0.15) is 5.10 Å². The summed E-state index contributed by atoms with van der Waals surface area (Å²) in [6.45, 7) is 4.08. The van der Waals surface area contributed by atoms with E-state index in [1.807, 2.05) is 31.2 Å². The quantitative estimate of drug-likeness (QED) is 0.624. The predicted octanol–water partition coefficient (Wildman–Crippen LogP) is 3.64.